The Labute approximate surface area is 109 Å². The lowest BCUT2D eigenvalue weighted by Crippen LogP contribution is -2.14. The highest BCUT2D eigenvalue weighted by molar-refractivity contribution is 5.69. The molecule has 0 aromatic heterocycles. The van der Waals surface area contributed by atoms with Crippen LogP contribution < -0.4 is 5.32 Å². The molecule has 1 aromatic rings. The number of rotatable bonds is 6. The van der Waals surface area contributed by atoms with Gasteiger partial charge in [-0.25, -0.2) is 0 Å². The zero-order valence-electron chi connectivity index (χ0n) is 10.5. The molecule has 1 rings (SSSR count). The van der Waals surface area contributed by atoms with Crippen molar-refractivity contribution in [3.05, 3.63) is 29.8 Å². The van der Waals surface area contributed by atoms with Crippen LogP contribution in [0.5, 0.6) is 0 Å². The van der Waals surface area contributed by atoms with E-state index >= 15 is 0 Å². The maximum atomic E-state index is 12.7. The Bertz CT molecular complexity index is 432. The lowest BCUT2D eigenvalue weighted by Gasteiger charge is -2.14. The van der Waals surface area contributed by atoms with Gasteiger partial charge < -0.3 is 10.4 Å². The number of para-hydroxylation sites is 1. The molecule has 3 nitrogen and oxygen atoms in total. The second kappa shape index (κ2) is 6.45. The molecule has 0 aliphatic rings. The smallest absolute Gasteiger partial charge is 0.418 e. The van der Waals surface area contributed by atoms with E-state index in [1.807, 2.05) is 0 Å². The fourth-order valence-electron chi connectivity index (χ4n) is 1.64. The quantitative estimate of drug-likeness (QED) is 0.780. The van der Waals surface area contributed by atoms with Gasteiger partial charge in [-0.05, 0) is 25.0 Å². The van der Waals surface area contributed by atoms with Gasteiger partial charge in [0.1, 0.15) is 0 Å². The van der Waals surface area contributed by atoms with E-state index in [0.29, 0.717) is 19.4 Å². The summed E-state index contributed by atoms with van der Waals surface area (Å²) >= 11 is 0. The molecule has 0 aliphatic carbocycles. The second-order valence-electron chi connectivity index (χ2n) is 4.35. The first kappa shape index (κ1) is 15.3. The highest BCUT2D eigenvalue weighted by Crippen LogP contribution is 2.34. The summed E-state index contributed by atoms with van der Waals surface area (Å²) in [5.41, 5.74) is -0.681. The zero-order valence-corrected chi connectivity index (χ0v) is 10.5. The van der Waals surface area contributed by atoms with Gasteiger partial charge in [-0.15, -0.1) is 0 Å². The van der Waals surface area contributed by atoms with Gasteiger partial charge in [-0.3, -0.25) is 4.79 Å². The molecule has 0 radical (unpaired) electrons. The summed E-state index contributed by atoms with van der Waals surface area (Å²) in [6.45, 7) is 1.89. The normalized spacial score (nSPS) is 13.1. The molecule has 0 aliphatic heterocycles. The van der Waals surface area contributed by atoms with Crippen LogP contribution >= 0.6 is 0 Å². The van der Waals surface area contributed by atoms with Crippen LogP contribution in [-0.2, 0) is 11.0 Å². The lowest BCUT2D eigenvalue weighted by molar-refractivity contribution is -0.141. The molecule has 0 saturated carbocycles. The third kappa shape index (κ3) is 4.81. The largest absolute Gasteiger partial charge is 0.481 e. The highest BCUT2D eigenvalue weighted by Gasteiger charge is 2.32. The minimum absolute atomic E-state index is 0.0259. The van der Waals surface area contributed by atoms with Crippen LogP contribution in [0.25, 0.3) is 0 Å². The molecule has 0 saturated heterocycles. The van der Waals surface area contributed by atoms with E-state index in [-0.39, 0.29) is 5.69 Å². The van der Waals surface area contributed by atoms with Gasteiger partial charge in [-0.2, -0.15) is 13.2 Å². The van der Waals surface area contributed by atoms with Crippen LogP contribution in [-0.4, -0.2) is 17.6 Å². The van der Waals surface area contributed by atoms with Crippen molar-refractivity contribution in [2.24, 2.45) is 5.92 Å². The Kier molecular flexibility index (Phi) is 5.20. The Morgan fingerprint density at radius 3 is 2.58 bits per heavy atom. The van der Waals surface area contributed by atoms with Crippen molar-refractivity contribution in [2.45, 2.75) is 25.9 Å². The predicted octanol–water partition coefficient (Wildman–Crippen LogP) is 3.62. The first-order chi connectivity index (χ1) is 8.82. The SMILES string of the molecule is CC(CCCNc1ccccc1C(F)(F)F)C(=O)O. The van der Waals surface area contributed by atoms with Crippen molar-refractivity contribution in [1.29, 1.82) is 0 Å². The van der Waals surface area contributed by atoms with Crippen LogP contribution in [0.3, 0.4) is 0 Å². The van der Waals surface area contributed by atoms with Crippen LogP contribution in [0.1, 0.15) is 25.3 Å². The molecule has 19 heavy (non-hydrogen) atoms. The number of benzene rings is 1. The summed E-state index contributed by atoms with van der Waals surface area (Å²) in [5.74, 6) is -1.38. The molecule has 6 heteroatoms. The maximum absolute atomic E-state index is 12.7. The molecular formula is C13H16F3NO2. The van der Waals surface area contributed by atoms with E-state index in [0.717, 1.165) is 6.07 Å². The molecule has 1 unspecified atom stereocenters. The fraction of sp³-hybridized carbons (Fsp3) is 0.462. The van der Waals surface area contributed by atoms with Crippen molar-refractivity contribution in [3.8, 4) is 0 Å². The first-order valence-electron chi connectivity index (χ1n) is 5.95. The van der Waals surface area contributed by atoms with Crippen LogP contribution in [0.2, 0.25) is 0 Å². The minimum atomic E-state index is -4.39. The maximum Gasteiger partial charge on any atom is 0.418 e. The van der Waals surface area contributed by atoms with Gasteiger partial charge in [-0.1, -0.05) is 19.1 Å². The highest BCUT2D eigenvalue weighted by atomic mass is 19.4. The molecule has 106 valence electrons. The van der Waals surface area contributed by atoms with Gasteiger partial charge in [0.15, 0.2) is 0 Å². The first-order valence-corrected chi connectivity index (χ1v) is 5.95. The number of anilines is 1. The average molecular weight is 275 g/mol. The van der Waals surface area contributed by atoms with E-state index in [1.165, 1.54) is 18.2 Å². The summed E-state index contributed by atoms with van der Waals surface area (Å²) in [5, 5.41) is 11.4. The number of carboxylic acids is 1. The summed E-state index contributed by atoms with van der Waals surface area (Å²) < 4.78 is 38.0. The predicted molar refractivity (Wildman–Crippen MR) is 66.0 cm³/mol. The molecule has 0 amide bonds. The van der Waals surface area contributed by atoms with Crippen molar-refractivity contribution < 1.29 is 23.1 Å². The summed E-state index contributed by atoms with van der Waals surface area (Å²) in [7, 11) is 0. The zero-order chi connectivity index (χ0) is 14.5. The Morgan fingerprint density at radius 2 is 2.00 bits per heavy atom. The Hall–Kier alpha value is -1.72. The molecule has 1 aromatic carbocycles. The molecule has 0 bridgehead atoms. The van der Waals surface area contributed by atoms with Crippen molar-refractivity contribution in [2.75, 3.05) is 11.9 Å². The molecule has 1 atom stereocenters. The molecular weight excluding hydrogens is 259 g/mol. The lowest BCUT2D eigenvalue weighted by atomic mass is 10.1. The van der Waals surface area contributed by atoms with Crippen LogP contribution in [0.4, 0.5) is 18.9 Å². The number of hydrogen-bond donors (Lipinski definition) is 2. The van der Waals surface area contributed by atoms with Crippen LogP contribution in [0.15, 0.2) is 24.3 Å². The number of carbonyl (C=O) groups is 1. The summed E-state index contributed by atoms with van der Waals surface area (Å²) in [6.07, 6.45) is -3.46. The van der Waals surface area contributed by atoms with Crippen molar-refractivity contribution >= 4 is 11.7 Å². The van der Waals surface area contributed by atoms with Crippen LogP contribution in [0, 0.1) is 5.92 Å². The third-order valence-electron chi connectivity index (χ3n) is 2.78. The molecule has 0 spiro atoms. The Morgan fingerprint density at radius 1 is 1.37 bits per heavy atom. The van der Waals surface area contributed by atoms with E-state index in [1.54, 1.807) is 6.92 Å². The van der Waals surface area contributed by atoms with E-state index in [2.05, 4.69) is 5.32 Å². The van der Waals surface area contributed by atoms with Gasteiger partial charge in [0.05, 0.1) is 11.5 Å². The minimum Gasteiger partial charge on any atom is -0.481 e. The number of alkyl halides is 3. The molecule has 2 N–H and O–H groups in total. The van der Waals surface area contributed by atoms with Gasteiger partial charge >= 0.3 is 12.1 Å². The average Bonchev–Trinajstić information content (AvgIpc) is 2.33. The van der Waals surface area contributed by atoms with E-state index in [9.17, 15) is 18.0 Å². The molecule has 0 fully saturated rings. The summed E-state index contributed by atoms with van der Waals surface area (Å²) in [4.78, 5) is 10.6. The Balaban J connectivity index is 2.52. The van der Waals surface area contributed by atoms with Crippen molar-refractivity contribution in [1.82, 2.24) is 0 Å². The summed E-state index contributed by atoms with van der Waals surface area (Å²) in [6, 6.07) is 5.24. The van der Waals surface area contributed by atoms with E-state index < -0.39 is 23.6 Å². The number of halogens is 3. The number of aliphatic carboxylic acids is 1. The van der Waals surface area contributed by atoms with E-state index in [4.69, 9.17) is 5.11 Å². The fourth-order valence-corrected chi connectivity index (χ4v) is 1.64. The van der Waals surface area contributed by atoms with Gasteiger partial charge in [0, 0.05) is 12.2 Å². The standard InChI is InChI=1S/C13H16F3NO2/c1-9(12(18)19)5-4-8-17-11-7-3-2-6-10(11)13(14,15)16/h2-3,6-7,9,17H,4-5,8H2,1H3,(H,18,19). The van der Waals surface area contributed by atoms with Gasteiger partial charge in [0.2, 0.25) is 0 Å². The van der Waals surface area contributed by atoms with Crippen molar-refractivity contribution in [3.63, 3.8) is 0 Å². The second-order valence-corrected chi connectivity index (χ2v) is 4.35. The number of hydrogen-bond acceptors (Lipinski definition) is 2. The van der Waals surface area contributed by atoms with Gasteiger partial charge in [0.25, 0.3) is 0 Å². The monoisotopic (exact) mass is 275 g/mol. The third-order valence-corrected chi connectivity index (χ3v) is 2.78. The number of carboxylic acid groups (broad SMARTS) is 1. The molecule has 0 heterocycles. The number of nitrogens with one attached hydrogen (secondary N) is 1. The topological polar surface area (TPSA) is 49.3 Å².